The van der Waals surface area contributed by atoms with E-state index in [4.69, 9.17) is 0 Å². The Morgan fingerprint density at radius 1 is 1.35 bits per heavy atom. The van der Waals surface area contributed by atoms with Crippen molar-refractivity contribution in [3.05, 3.63) is 0 Å². The molecule has 0 aromatic carbocycles. The van der Waals surface area contributed by atoms with Crippen LogP contribution in [-0.4, -0.2) is 36.1 Å². The first-order chi connectivity index (χ1) is 9.57. The maximum atomic E-state index is 12.7. The summed E-state index contributed by atoms with van der Waals surface area (Å²) in [5, 5.41) is 15.8. The molecule has 0 aromatic rings. The molecule has 1 amide bonds. The van der Waals surface area contributed by atoms with Crippen molar-refractivity contribution >= 4 is 11.9 Å². The number of nitrogens with one attached hydrogen (secondary N) is 2. The van der Waals surface area contributed by atoms with E-state index in [0.717, 1.165) is 38.6 Å². The van der Waals surface area contributed by atoms with Crippen molar-refractivity contribution < 1.29 is 14.7 Å². The fourth-order valence-corrected chi connectivity index (χ4v) is 4.56. The second-order valence-electron chi connectivity index (χ2n) is 6.76. The third kappa shape index (κ3) is 2.03. The van der Waals surface area contributed by atoms with Crippen LogP contribution < -0.4 is 10.6 Å². The number of hydrogen-bond donors (Lipinski definition) is 3. The van der Waals surface area contributed by atoms with E-state index in [9.17, 15) is 14.7 Å². The Hall–Kier alpha value is -1.10. The monoisotopic (exact) mass is 280 g/mol. The molecule has 1 saturated heterocycles. The van der Waals surface area contributed by atoms with Crippen LogP contribution >= 0.6 is 0 Å². The van der Waals surface area contributed by atoms with E-state index in [1.165, 1.54) is 0 Å². The molecule has 0 spiro atoms. The van der Waals surface area contributed by atoms with Crippen molar-refractivity contribution in [1.82, 2.24) is 10.6 Å². The van der Waals surface area contributed by atoms with Crippen LogP contribution in [0.1, 0.15) is 39.0 Å². The summed E-state index contributed by atoms with van der Waals surface area (Å²) in [6.45, 7) is 3.64. The van der Waals surface area contributed by atoms with E-state index < -0.39 is 5.97 Å². The molecule has 3 aliphatic rings. The molecule has 20 heavy (non-hydrogen) atoms. The molecule has 1 aliphatic heterocycles. The van der Waals surface area contributed by atoms with Crippen LogP contribution in [-0.2, 0) is 9.59 Å². The zero-order valence-electron chi connectivity index (χ0n) is 12.0. The van der Waals surface area contributed by atoms with Crippen molar-refractivity contribution in [2.24, 2.45) is 23.2 Å². The lowest BCUT2D eigenvalue weighted by molar-refractivity contribution is -0.145. The number of carboxylic acid groups (broad SMARTS) is 1. The van der Waals surface area contributed by atoms with Gasteiger partial charge >= 0.3 is 5.97 Å². The minimum atomic E-state index is -0.738. The smallest absolute Gasteiger partial charge is 0.308 e. The van der Waals surface area contributed by atoms with Crippen molar-refractivity contribution in [3.63, 3.8) is 0 Å². The molecule has 3 N–H and O–H groups in total. The molecular formula is C15H24N2O3. The number of carboxylic acids is 1. The molecule has 5 nitrogen and oxygen atoms in total. The van der Waals surface area contributed by atoms with Crippen LogP contribution in [0.4, 0.5) is 0 Å². The van der Waals surface area contributed by atoms with Gasteiger partial charge in [0.15, 0.2) is 0 Å². The topological polar surface area (TPSA) is 78.4 Å². The van der Waals surface area contributed by atoms with E-state index in [2.05, 4.69) is 10.6 Å². The molecule has 3 fully saturated rings. The van der Waals surface area contributed by atoms with Crippen LogP contribution in [0.2, 0.25) is 0 Å². The summed E-state index contributed by atoms with van der Waals surface area (Å²) >= 11 is 0. The van der Waals surface area contributed by atoms with Gasteiger partial charge in [-0.05, 0) is 50.5 Å². The van der Waals surface area contributed by atoms with Gasteiger partial charge in [-0.1, -0.05) is 6.92 Å². The van der Waals surface area contributed by atoms with Crippen molar-refractivity contribution in [3.8, 4) is 0 Å². The number of aliphatic carboxylic acids is 1. The van der Waals surface area contributed by atoms with Gasteiger partial charge in [0.1, 0.15) is 0 Å². The van der Waals surface area contributed by atoms with Gasteiger partial charge in [0.25, 0.3) is 0 Å². The van der Waals surface area contributed by atoms with Crippen molar-refractivity contribution in [2.75, 3.05) is 13.1 Å². The van der Waals surface area contributed by atoms with E-state index in [-0.39, 0.29) is 29.2 Å². The Morgan fingerprint density at radius 3 is 2.70 bits per heavy atom. The second kappa shape index (κ2) is 5.02. The molecule has 3 rings (SSSR count). The SMILES string of the molecule is CCC1(C(=O)NC2C3CCC(C3)C2C(=O)O)CCNC1. The number of carbonyl (C=O) groups is 2. The molecule has 5 atom stereocenters. The highest BCUT2D eigenvalue weighted by Crippen LogP contribution is 2.49. The number of amides is 1. The number of carbonyl (C=O) groups excluding carboxylic acids is 1. The maximum Gasteiger partial charge on any atom is 0.308 e. The molecule has 5 unspecified atom stereocenters. The zero-order valence-corrected chi connectivity index (χ0v) is 12.0. The van der Waals surface area contributed by atoms with Gasteiger partial charge in [-0.15, -0.1) is 0 Å². The van der Waals surface area contributed by atoms with Crippen LogP contribution in [0.15, 0.2) is 0 Å². The van der Waals surface area contributed by atoms with E-state index in [1.807, 2.05) is 6.92 Å². The van der Waals surface area contributed by atoms with Crippen molar-refractivity contribution in [1.29, 1.82) is 0 Å². The average molecular weight is 280 g/mol. The fraction of sp³-hybridized carbons (Fsp3) is 0.867. The average Bonchev–Trinajstić information content (AvgIpc) is 3.14. The first-order valence-electron chi connectivity index (χ1n) is 7.82. The van der Waals surface area contributed by atoms with Crippen LogP contribution in [0.5, 0.6) is 0 Å². The van der Waals surface area contributed by atoms with Gasteiger partial charge in [-0.25, -0.2) is 0 Å². The first-order valence-corrected chi connectivity index (χ1v) is 7.82. The summed E-state index contributed by atoms with van der Waals surface area (Å²) in [5.41, 5.74) is -0.328. The Kier molecular flexibility index (Phi) is 3.48. The molecule has 0 aromatic heterocycles. The molecule has 2 aliphatic carbocycles. The van der Waals surface area contributed by atoms with Gasteiger partial charge in [-0.3, -0.25) is 9.59 Å². The Balaban J connectivity index is 1.73. The summed E-state index contributed by atoms with van der Waals surface area (Å²) in [5.74, 6) is -0.414. The molecule has 2 bridgehead atoms. The third-order valence-corrected chi connectivity index (χ3v) is 5.90. The van der Waals surface area contributed by atoms with E-state index in [0.29, 0.717) is 12.5 Å². The lowest BCUT2D eigenvalue weighted by Gasteiger charge is -2.33. The van der Waals surface area contributed by atoms with Gasteiger partial charge in [0.2, 0.25) is 5.91 Å². The lowest BCUT2D eigenvalue weighted by atomic mass is 9.80. The molecule has 5 heteroatoms. The molecule has 0 radical (unpaired) electrons. The third-order valence-electron chi connectivity index (χ3n) is 5.90. The summed E-state index contributed by atoms with van der Waals surface area (Å²) in [6, 6.07) is -0.150. The summed E-state index contributed by atoms with van der Waals surface area (Å²) in [6.07, 6.45) is 4.71. The molecule has 112 valence electrons. The Labute approximate surface area is 119 Å². The summed E-state index contributed by atoms with van der Waals surface area (Å²) < 4.78 is 0. The summed E-state index contributed by atoms with van der Waals surface area (Å²) in [7, 11) is 0. The standard InChI is InChI=1S/C15H24N2O3/c1-2-15(5-6-16-8-15)14(20)17-12-10-4-3-9(7-10)11(12)13(18)19/h9-12,16H,2-8H2,1H3,(H,17,20)(H,18,19). The van der Waals surface area contributed by atoms with Crippen LogP contribution in [0, 0.1) is 23.2 Å². The second-order valence-corrected chi connectivity index (χ2v) is 6.76. The number of rotatable bonds is 4. The highest BCUT2D eigenvalue weighted by Gasteiger charge is 2.53. The Morgan fingerprint density at radius 2 is 2.10 bits per heavy atom. The minimum Gasteiger partial charge on any atom is -0.481 e. The van der Waals surface area contributed by atoms with E-state index >= 15 is 0 Å². The van der Waals surface area contributed by atoms with Crippen molar-refractivity contribution in [2.45, 2.75) is 45.1 Å². The van der Waals surface area contributed by atoms with Gasteiger partial charge < -0.3 is 15.7 Å². The summed E-state index contributed by atoms with van der Waals surface area (Å²) in [4.78, 5) is 24.1. The van der Waals surface area contributed by atoms with Gasteiger partial charge in [0.05, 0.1) is 11.3 Å². The normalized spacial score (nSPS) is 42.9. The highest BCUT2D eigenvalue weighted by molar-refractivity contribution is 5.84. The van der Waals surface area contributed by atoms with Crippen LogP contribution in [0.25, 0.3) is 0 Å². The number of hydrogen-bond acceptors (Lipinski definition) is 3. The number of fused-ring (bicyclic) bond motifs is 2. The Bertz CT molecular complexity index is 417. The molecule has 1 heterocycles. The quantitative estimate of drug-likeness (QED) is 0.717. The minimum absolute atomic E-state index is 0.0637. The molecular weight excluding hydrogens is 256 g/mol. The largest absolute Gasteiger partial charge is 0.481 e. The zero-order chi connectivity index (χ0) is 14.3. The van der Waals surface area contributed by atoms with E-state index in [1.54, 1.807) is 0 Å². The lowest BCUT2D eigenvalue weighted by Crippen LogP contribution is -2.52. The molecule has 2 saturated carbocycles. The highest BCUT2D eigenvalue weighted by atomic mass is 16.4. The van der Waals surface area contributed by atoms with Gasteiger partial charge in [0, 0.05) is 12.6 Å². The fourth-order valence-electron chi connectivity index (χ4n) is 4.56. The predicted molar refractivity (Wildman–Crippen MR) is 74.1 cm³/mol. The first kappa shape index (κ1) is 13.9. The maximum absolute atomic E-state index is 12.7. The predicted octanol–water partition coefficient (Wildman–Crippen LogP) is 0.992. The van der Waals surface area contributed by atoms with Gasteiger partial charge in [-0.2, -0.15) is 0 Å². The van der Waals surface area contributed by atoms with Crippen LogP contribution in [0.3, 0.4) is 0 Å².